The minimum Gasteiger partial charge on any atom is -0.368 e. The van der Waals surface area contributed by atoms with Crippen molar-refractivity contribution in [2.24, 2.45) is 0 Å². The van der Waals surface area contributed by atoms with E-state index >= 15 is 0 Å². The topological polar surface area (TPSA) is 51.8 Å². The Morgan fingerprint density at radius 3 is 2.50 bits per heavy atom. The first kappa shape index (κ1) is 11.3. The summed E-state index contributed by atoms with van der Waals surface area (Å²) in [6.45, 7) is 6.36. The first-order chi connectivity index (χ1) is 7.39. The van der Waals surface area contributed by atoms with Gasteiger partial charge in [-0.1, -0.05) is 32.9 Å². The lowest BCUT2D eigenvalue weighted by atomic mass is 9.89. The number of hydrogen-bond acceptors (Lipinski definition) is 3. The molecule has 84 valence electrons. The smallest absolute Gasteiger partial charge is 0.220 e. The second-order valence-electron chi connectivity index (χ2n) is 4.82. The van der Waals surface area contributed by atoms with Crippen LogP contribution in [0, 0.1) is 0 Å². The Balaban J connectivity index is 2.89. The summed E-state index contributed by atoms with van der Waals surface area (Å²) in [5.41, 5.74) is 7.56. The lowest BCUT2D eigenvalue weighted by Gasteiger charge is -2.20. The molecule has 0 aliphatic rings. The Labute approximate surface area is 103 Å². The molecule has 0 amide bonds. The van der Waals surface area contributed by atoms with Gasteiger partial charge in [-0.2, -0.15) is 0 Å². The maximum absolute atomic E-state index is 5.75. The predicted octanol–water partition coefficient (Wildman–Crippen LogP) is 3.27. The molecule has 0 saturated heterocycles. The van der Waals surface area contributed by atoms with E-state index in [4.69, 9.17) is 5.73 Å². The maximum Gasteiger partial charge on any atom is 0.220 e. The van der Waals surface area contributed by atoms with Crippen LogP contribution in [0.4, 0.5) is 5.95 Å². The second kappa shape index (κ2) is 3.70. The summed E-state index contributed by atoms with van der Waals surface area (Å²) >= 11 is 3.49. The van der Waals surface area contributed by atoms with Crippen LogP contribution < -0.4 is 5.73 Å². The van der Waals surface area contributed by atoms with Gasteiger partial charge in [0.05, 0.1) is 11.2 Å². The molecule has 0 aliphatic carbocycles. The molecule has 1 aromatic heterocycles. The number of anilines is 1. The number of nitrogens with two attached hydrogens (primary N) is 1. The number of nitrogen functional groups attached to an aromatic ring is 1. The third kappa shape index (κ3) is 1.89. The number of rotatable bonds is 0. The highest BCUT2D eigenvalue weighted by Gasteiger charge is 2.20. The fraction of sp³-hybridized carbons (Fsp3) is 0.333. The van der Waals surface area contributed by atoms with Crippen molar-refractivity contribution >= 4 is 32.8 Å². The molecule has 0 radical (unpaired) electrons. The van der Waals surface area contributed by atoms with E-state index in [1.165, 1.54) is 0 Å². The summed E-state index contributed by atoms with van der Waals surface area (Å²) in [7, 11) is 0. The van der Waals surface area contributed by atoms with Crippen molar-refractivity contribution in [1.82, 2.24) is 9.97 Å². The minimum absolute atomic E-state index is 0.0455. The maximum atomic E-state index is 5.75. The van der Waals surface area contributed by atoms with Gasteiger partial charge in [-0.25, -0.2) is 9.97 Å². The van der Waals surface area contributed by atoms with Crippen molar-refractivity contribution in [3.63, 3.8) is 0 Å². The monoisotopic (exact) mass is 279 g/mol. The van der Waals surface area contributed by atoms with Gasteiger partial charge in [0.15, 0.2) is 0 Å². The predicted molar refractivity (Wildman–Crippen MR) is 70.4 cm³/mol. The number of fused-ring (bicyclic) bond motifs is 1. The molecule has 1 heterocycles. The van der Waals surface area contributed by atoms with Crippen LogP contribution in [0.1, 0.15) is 26.5 Å². The van der Waals surface area contributed by atoms with Crippen LogP contribution in [0.3, 0.4) is 0 Å². The van der Waals surface area contributed by atoms with E-state index in [2.05, 4.69) is 46.7 Å². The second-order valence-corrected chi connectivity index (χ2v) is 5.67. The molecule has 0 bridgehead atoms. The Bertz CT molecular complexity index is 544. The molecule has 0 unspecified atom stereocenters. The van der Waals surface area contributed by atoms with Crippen molar-refractivity contribution < 1.29 is 0 Å². The van der Waals surface area contributed by atoms with Gasteiger partial charge in [-0.3, -0.25) is 0 Å². The third-order valence-corrected chi connectivity index (χ3v) is 3.04. The van der Waals surface area contributed by atoms with Gasteiger partial charge in [0, 0.05) is 15.3 Å². The molecule has 4 heteroatoms. The van der Waals surface area contributed by atoms with E-state index in [0.717, 1.165) is 21.1 Å². The zero-order chi connectivity index (χ0) is 11.9. The van der Waals surface area contributed by atoms with Gasteiger partial charge in [0.2, 0.25) is 5.95 Å². The quantitative estimate of drug-likeness (QED) is 0.805. The molecule has 2 rings (SSSR count). The minimum atomic E-state index is -0.0455. The van der Waals surface area contributed by atoms with Crippen LogP contribution >= 0.6 is 15.9 Å². The highest BCUT2D eigenvalue weighted by molar-refractivity contribution is 9.10. The molecule has 0 fully saturated rings. The SMILES string of the molecule is CC(C)(C)c1nc(N)nc2c(Br)cccc12. The first-order valence-corrected chi connectivity index (χ1v) is 5.91. The van der Waals surface area contributed by atoms with Crippen molar-refractivity contribution in [2.45, 2.75) is 26.2 Å². The van der Waals surface area contributed by atoms with Gasteiger partial charge in [0.1, 0.15) is 0 Å². The highest BCUT2D eigenvalue weighted by Crippen LogP contribution is 2.31. The molecule has 0 aliphatic heterocycles. The van der Waals surface area contributed by atoms with E-state index in [0.29, 0.717) is 5.95 Å². The molecule has 3 nitrogen and oxygen atoms in total. The average Bonchev–Trinajstić information content (AvgIpc) is 2.17. The van der Waals surface area contributed by atoms with Crippen molar-refractivity contribution in [3.8, 4) is 0 Å². The van der Waals surface area contributed by atoms with E-state index in [-0.39, 0.29) is 5.41 Å². The molecule has 0 atom stereocenters. The molecule has 2 N–H and O–H groups in total. The summed E-state index contributed by atoms with van der Waals surface area (Å²) in [4.78, 5) is 8.63. The van der Waals surface area contributed by atoms with Crippen LogP contribution in [0.25, 0.3) is 10.9 Å². The summed E-state index contributed by atoms with van der Waals surface area (Å²) in [6, 6.07) is 5.97. The van der Waals surface area contributed by atoms with E-state index in [9.17, 15) is 0 Å². The van der Waals surface area contributed by atoms with Crippen molar-refractivity contribution in [1.29, 1.82) is 0 Å². The fourth-order valence-electron chi connectivity index (χ4n) is 1.71. The summed E-state index contributed by atoms with van der Waals surface area (Å²) in [6.07, 6.45) is 0. The Kier molecular flexibility index (Phi) is 2.62. The number of hydrogen-bond donors (Lipinski definition) is 1. The van der Waals surface area contributed by atoms with Gasteiger partial charge in [-0.15, -0.1) is 0 Å². The molecular formula is C12H14BrN3. The lowest BCUT2D eigenvalue weighted by molar-refractivity contribution is 0.575. The summed E-state index contributed by atoms with van der Waals surface area (Å²) in [5.74, 6) is 0.323. The van der Waals surface area contributed by atoms with Crippen molar-refractivity contribution in [3.05, 3.63) is 28.4 Å². The average molecular weight is 280 g/mol. The van der Waals surface area contributed by atoms with Gasteiger partial charge in [0.25, 0.3) is 0 Å². The molecular weight excluding hydrogens is 266 g/mol. The van der Waals surface area contributed by atoms with E-state index in [1.807, 2.05) is 18.2 Å². The Morgan fingerprint density at radius 2 is 1.88 bits per heavy atom. The van der Waals surface area contributed by atoms with Gasteiger partial charge >= 0.3 is 0 Å². The molecule has 1 aromatic carbocycles. The number of halogens is 1. The van der Waals surface area contributed by atoms with E-state index < -0.39 is 0 Å². The zero-order valence-electron chi connectivity index (χ0n) is 9.58. The standard InChI is InChI=1S/C12H14BrN3/c1-12(2,3)10-7-5-4-6-8(13)9(7)15-11(14)16-10/h4-6H,1-3H3,(H2,14,15,16). The largest absolute Gasteiger partial charge is 0.368 e. The molecule has 16 heavy (non-hydrogen) atoms. The molecule has 2 aromatic rings. The lowest BCUT2D eigenvalue weighted by Crippen LogP contribution is -2.16. The van der Waals surface area contributed by atoms with Gasteiger partial charge in [-0.05, 0) is 22.0 Å². The van der Waals surface area contributed by atoms with Crippen LogP contribution in [0.2, 0.25) is 0 Å². The van der Waals surface area contributed by atoms with E-state index in [1.54, 1.807) is 0 Å². The molecule has 0 spiro atoms. The number of para-hydroxylation sites is 1. The van der Waals surface area contributed by atoms with Crippen LogP contribution in [-0.4, -0.2) is 9.97 Å². The normalized spacial score (nSPS) is 12.0. The number of benzene rings is 1. The highest BCUT2D eigenvalue weighted by atomic mass is 79.9. The summed E-state index contributed by atoms with van der Waals surface area (Å²) in [5, 5.41) is 1.05. The Morgan fingerprint density at radius 1 is 1.19 bits per heavy atom. The van der Waals surface area contributed by atoms with Crippen LogP contribution in [-0.2, 0) is 5.41 Å². The third-order valence-electron chi connectivity index (χ3n) is 2.41. The first-order valence-electron chi connectivity index (χ1n) is 5.12. The number of nitrogens with zero attached hydrogens (tertiary/aromatic N) is 2. The van der Waals surface area contributed by atoms with Crippen molar-refractivity contribution in [2.75, 3.05) is 5.73 Å². The number of aromatic nitrogens is 2. The zero-order valence-corrected chi connectivity index (χ0v) is 11.2. The van der Waals surface area contributed by atoms with Crippen LogP contribution in [0.15, 0.2) is 22.7 Å². The van der Waals surface area contributed by atoms with Gasteiger partial charge < -0.3 is 5.73 Å². The fourth-order valence-corrected chi connectivity index (χ4v) is 2.16. The van der Waals surface area contributed by atoms with Crippen LogP contribution in [0.5, 0.6) is 0 Å². The summed E-state index contributed by atoms with van der Waals surface area (Å²) < 4.78 is 0.949. The Hall–Kier alpha value is -1.16. The molecule has 0 saturated carbocycles.